The number of alkyl halides is 3. The molecule has 0 aromatic heterocycles. The van der Waals surface area contributed by atoms with Crippen LogP contribution in [0.5, 0.6) is 5.75 Å². The van der Waals surface area contributed by atoms with Crippen LogP contribution in [0.1, 0.15) is 11.6 Å². The number of aliphatic hydroxyl groups is 1. The van der Waals surface area contributed by atoms with Gasteiger partial charge in [-0.1, -0.05) is 6.07 Å². The highest BCUT2D eigenvalue weighted by molar-refractivity contribution is 5.31. The van der Waals surface area contributed by atoms with Gasteiger partial charge in [0, 0.05) is 0 Å². The van der Waals surface area contributed by atoms with E-state index in [1.165, 1.54) is 0 Å². The molecule has 1 rings (SSSR count). The van der Waals surface area contributed by atoms with Gasteiger partial charge in [-0.25, -0.2) is 4.39 Å². The summed E-state index contributed by atoms with van der Waals surface area (Å²) in [4.78, 5) is 0. The second kappa shape index (κ2) is 4.67. The SMILES string of the molecule is NC(CO)c1ccc(OC(F)(F)F)c(F)c1. The molecule has 16 heavy (non-hydrogen) atoms. The second-order valence-electron chi connectivity index (χ2n) is 3.03. The fraction of sp³-hybridized carbons (Fsp3) is 0.333. The van der Waals surface area contributed by atoms with Crippen LogP contribution in [-0.4, -0.2) is 18.1 Å². The van der Waals surface area contributed by atoms with E-state index in [0.717, 1.165) is 18.2 Å². The van der Waals surface area contributed by atoms with Crippen molar-refractivity contribution in [2.75, 3.05) is 6.61 Å². The van der Waals surface area contributed by atoms with Crippen LogP contribution in [0.3, 0.4) is 0 Å². The Morgan fingerprint density at radius 3 is 2.44 bits per heavy atom. The molecule has 0 aliphatic carbocycles. The number of hydrogen-bond donors (Lipinski definition) is 2. The van der Waals surface area contributed by atoms with Gasteiger partial charge in [0.05, 0.1) is 12.6 Å². The zero-order valence-electron chi connectivity index (χ0n) is 7.96. The Hall–Kier alpha value is -1.34. The predicted molar refractivity (Wildman–Crippen MR) is 47.1 cm³/mol. The zero-order valence-corrected chi connectivity index (χ0v) is 7.96. The highest BCUT2D eigenvalue weighted by Gasteiger charge is 2.32. The number of aliphatic hydroxyl groups excluding tert-OH is 1. The summed E-state index contributed by atoms with van der Waals surface area (Å²) < 4.78 is 51.9. The molecule has 0 spiro atoms. The summed E-state index contributed by atoms with van der Waals surface area (Å²) in [6, 6.07) is 1.93. The molecule has 3 N–H and O–H groups in total. The van der Waals surface area contributed by atoms with Crippen molar-refractivity contribution in [2.45, 2.75) is 12.4 Å². The molecule has 3 nitrogen and oxygen atoms in total. The number of hydrogen-bond acceptors (Lipinski definition) is 3. The fourth-order valence-corrected chi connectivity index (χ4v) is 1.06. The Morgan fingerprint density at radius 2 is 2.00 bits per heavy atom. The molecule has 0 aliphatic rings. The van der Waals surface area contributed by atoms with Crippen LogP contribution in [0.4, 0.5) is 17.6 Å². The summed E-state index contributed by atoms with van der Waals surface area (Å²) >= 11 is 0. The van der Waals surface area contributed by atoms with Crippen LogP contribution in [0.15, 0.2) is 18.2 Å². The van der Waals surface area contributed by atoms with Gasteiger partial charge >= 0.3 is 6.36 Å². The number of benzene rings is 1. The van der Waals surface area contributed by atoms with E-state index in [1.54, 1.807) is 0 Å². The molecule has 0 radical (unpaired) electrons. The topological polar surface area (TPSA) is 55.5 Å². The highest BCUT2D eigenvalue weighted by Crippen LogP contribution is 2.27. The van der Waals surface area contributed by atoms with E-state index in [1.807, 2.05) is 0 Å². The molecule has 1 unspecified atom stereocenters. The lowest BCUT2D eigenvalue weighted by Crippen LogP contribution is -2.19. The molecule has 0 bridgehead atoms. The van der Waals surface area contributed by atoms with Crippen LogP contribution >= 0.6 is 0 Å². The average molecular weight is 239 g/mol. The smallest absolute Gasteiger partial charge is 0.403 e. The Morgan fingerprint density at radius 1 is 1.38 bits per heavy atom. The summed E-state index contributed by atoms with van der Waals surface area (Å²) in [6.07, 6.45) is -4.94. The molecule has 0 saturated carbocycles. The van der Waals surface area contributed by atoms with Crippen molar-refractivity contribution in [3.05, 3.63) is 29.6 Å². The Bertz CT molecular complexity index is 367. The molecule has 0 aliphatic heterocycles. The van der Waals surface area contributed by atoms with Crippen LogP contribution in [-0.2, 0) is 0 Å². The molecule has 0 amide bonds. The van der Waals surface area contributed by atoms with Crippen molar-refractivity contribution in [1.29, 1.82) is 0 Å². The van der Waals surface area contributed by atoms with Crippen molar-refractivity contribution in [3.8, 4) is 5.75 Å². The van der Waals surface area contributed by atoms with Crippen molar-refractivity contribution in [3.63, 3.8) is 0 Å². The lowest BCUT2D eigenvalue weighted by atomic mass is 10.1. The Kier molecular flexibility index (Phi) is 3.71. The lowest BCUT2D eigenvalue weighted by Gasteiger charge is -2.12. The van der Waals surface area contributed by atoms with Crippen LogP contribution in [0.25, 0.3) is 0 Å². The summed E-state index contributed by atoms with van der Waals surface area (Å²) in [5.41, 5.74) is 5.55. The molecule has 90 valence electrons. The summed E-state index contributed by atoms with van der Waals surface area (Å²) in [7, 11) is 0. The van der Waals surface area contributed by atoms with Crippen molar-refractivity contribution in [2.24, 2.45) is 5.73 Å². The van der Waals surface area contributed by atoms with E-state index in [-0.39, 0.29) is 5.56 Å². The molecular weight excluding hydrogens is 230 g/mol. The monoisotopic (exact) mass is 239 g/mol. The number of nitrogens with two attached hydrogens (primary N) is 1. The highest BCUT2D eigenvalue weighted by atomic mass is 19.4. The normalized spacial score (nSPS) is 13.6. The van der Waals surface area contributed by atoms with E-state index >= 15 is 0 Å². The first-order valence-electron chi connectivity index (χ1n) is 4.25. The maximum Gasteiger partial charge on any atom is 0.573 e. The van der Waals surface area contributed by atoms with Gasteiger partial charge in [0.25, 0.3) is 0 Å². The minimum absolute atomic E-state index is 0.189. The van der Waals surface area contributed by atoms with Crippen molar-refractivity contribution < 1.29 is 27.4 Å². The molecule has 0 fully saturated rings. The second-order valence-corrected chi connectivity index (χ2v) is 3.03. The van der Waals surface area contributed by atoms with E-state index in [9.17, 15) is 17.6 Å². The van der Waals surface area contributed by atoms with E-state index < -0.39 is 30.6 Å². The van der Waals surface area contributed by atoms with E-state index in [0.29, 0.717) is 0 Å². The standard InChI is InChI=1S/C9H9F4NO2/c10-6-3-5(7(14)4-15)1-2-8(6)16-9(11,12)13/h1-3,7,15H,4,14H2. The van der Waals surface area contributed by atoms with E-state index in [4.69, 9.17) is 10.8 Å². The van der Waals surface area contributed by atoms with Gasteiger partial charge in [0.2, 0.25) is 0 Å². The minimum Gasteiger partial charge on any atom is -0.403 e. The molecule has 0 saturated heterocycles. The van der Waals surface area contributed by atoms with Gasteiger partial charge in [0.15, 0.2) is 11.6 Å². The van der Waals surface area contributed by atoms with Crippen LogP contribution < -0.4 is 10.5 Å². The van der Waals surface area contributed by atoms with Gasteiger partial charge in [-0.3, -0.25) is 0 Å². The van der Waals surface area contributed by atoms with Gasteiger partial charge in [-0.15, -0.1) is 13.2 Å². The van der Waals surface area contributed by atoms with Gasteiger partial charge in [-0.2, -0.15) is 0 Å². The number of ether oxygens (including phenoxy) is 1. The summed E-state index contributed by atoms with van der Waals surface area (Å²) in [5.74, 6) is -2.11. The average Bonchev–Trinajstić information content (AvgIpc) is 2.18. The van der Waals surface area contributed by atoms with Gasteiger partial charge in [0.1, 0.15) is 0 Å². The maximum atomic E-state index is 13.1. The van der Waals surface area contributed by atoms with Crippen LogP contribution in [0, 0.1) is 5.82 Å². The fourth-order valence-electron chi connectivity index (χ4n) is 1.06. The summed E-state index contributed by atoms with van der Waals surface area (Å²) in [6.45, 7) is -0.432. The van der Waals surface area contributed by atoms with Crippen molar-refractivity contribution in [1.82, 2.24) is 0 Å². The third-order valence-corrected chi connectivity index (χ3v) is 1.81. The van der Waals surface area contributed by atoms with Crippen LogP contribution in [0.2, 0.25) is 0 Å². The first kappa shape index (κ1) is 12.7. The third-order valence-electron chi connectivity index (χ3n) is 1.81. The quantitative estimate of drug-likeness (QED) is 0.789. The summed E-state index contributed by atoms with van der Waals surface area (Å²) in [5, 5.41) is 8.68. The Labute approximate surface area is 88.4 Å². The molecule has 1 atom stereocenters. The minimum atomic E-state index is -4.94. The van der Waals surface area contributed by atoms with Gasteiger partial charge in [-0.05, 0) is 17.7 Å². The molecule has 1 aromatic rings. The van der Waals surface area contributed by atoms with E-state index in [2.05, 4.69) is 4.74 Å². The molecule has 7 heteroatoms. The maximum absolute atomic E-state index is 13.1. The van der Waals surface area contributed by atoms with Gasteiger partial charge < -0.3 is 15.6 Å². The third kappa shape index (κ3) is 3.35. The van der Waals surface area contributed by atoms with Crippen molar-refractivity contribution >= 4 is 0 Å². The number of halogens is 4. The first-order valence-corrected chi connectivity index (χ1v) is 4.25. The molecular formula is C9H9F4NO2. The zero-order chi connectivity index (χ0) is 12.3. The predicted octanol–water partition coefficient (Wildman–Crippen LogP) is 1.72. The first-order chi connectivity index (χ1) is 7.33. The molecule has 0 heterocycles. The Balaban J connectivity index is 2.92. The lowest BCUT2D eigenvalue weighted by molar-refractivity contribution is -0.275. The number of rotatable bonds is 3. The molecule has 1 aromatic carbocycles. The largest absolute Gasteiger partial charge is 0.573 e.